The molecule has 0 spiro atoms. The maximum Gasteiger partial charge on any atom is 0.238 e. The van der Waals surface area contributed by atoms with E-state index >= 15 is 0 Å². The molecule has 1 atom stereocenters. The largest absolute Gasteiger partial charge is 0.495 e. The number of para-hydroxylation sites is 2. The van der Waals surface area contributed by atoms with Crippen molar-refractivity contribution in [2.24, 2.45) is 0 Å². The summed E-state index contributed by atoms with van der Waals surface area (Å²) in [4.78, 5) is 14.8. The molecule has 1 saturated heterocycles. The maximum absolute atomic E-state index is 9.21. The first-order valence-electron chi connectivity index (χ1n) is 7.62. The monoisotopic (exact) mass is 326 g/mol. The molecule has 0 saturated carbocycles. The lowest BCUT2D eigenvalue weighted by molar-refractivity contribution is 0.0526. The van der Waals surface area contributed by atoms with Crippen LogP contribution in [0.2, 0.25) is 0 Å². The fourth-order valence-electron chi connectivity index (χ4n) is 2.48. The van der Waals surface area contributed by atoms with Crippen molar-refractivity contribution in [3.05, 3.63) is 30.1 Å². The van der Waals surface area contributed by atoms with E-state index in [1.165, 1.54) is 0 Å². The van der Waals surface area contributed by atoms with Gasteiger partial charge >= 0.3 is 0 Å². The van der Waals surface area contributed by atoms with Gasteiger partial charge in [0.1, 0.15) is 11.8 Å². The molecule has 0 radical (unpaired) electrons. The van der Waals surface area contributed by atoms with Crippen molar-refractivity contribution in [3.8, 4) is 11.8 Å². The van der Waals surface area contributed by atoms with E-state index in [2.05, 4.69) is 20.3 Å². The number of rotatable bonds is 4. The van der Waals surface area contributed by atoms with Crippen LogP contribution in [0.3, 0.4) is 0 Å². The van der Waals surface area contributed by atoms with Gasteiger partial charge in [0.25, 0.3) is 0 Å². The molecule has 8 nitrogen and oxygen atoms in total. The third-order valence-electron chi connectivity index (χ3n) is 3.60. The van der Waals surface area contributed by atoms with Crippen LogP contribution in [0.25, 0.3) is 0 Å². The summed E-state index contributed by atoms with van der Waals surface area (Å²) in [6.07, 6.45) is 0.0895. The van der Waals surface area contributed by atoms with Gasteiger partial charge in [-0.1, -0.05) is 12.1 Å². The van der Waals surface area contributed by atoms with Crippen LogP contribution in [0.15, 0.2) is 24.3 Å². The molecule has 24 heavy (non-hydrogen) atoms. The lowest BCUT2D eigenvalue weighted by Gasteiger charge is -2.31. The molecule has 0 bridgehead atoms. The van der Waals surface area contributed by atoms with Gasteiger partial charge in [-0.25, -0.2) is 0 Å². The summed E-state index contributed by atoms with van der Waals surface area (Å²) >= 11 is 0. The summed E-state index contributed by atoms with van der Waals surface area (Å²) in [7, 11) is 1.59. The minimum Gasteiger partial charge on any atom is -0.495 e. The number of hydrogen-bond acceptors (Lipinski definition) is 8. The number of anilines is 3. The molecule has 1 aliphatic rings. The van der Waals surface area contributed by atoms with Crippen LogP contribution in [0.5, 0.6) is 5.75 Å². The highest BCUT2D eigenvalue weighted by molar-refractivity contribution is 5.63. The Hall–Kier alpha value is -2.92. The molecule has 1 aliphatic heterocycles. The van der Waals surface area contributed by atoms with E-state index in [0.717, 1.165) is 5.69 Å². The SMILES string of the molecule is COc1ccccc1Nc1nc(C#N)nc(N2CCOC(C)C2)n1. The standard InChI is InChI=1S/C16H18N6O2/c1-11-10-22(7-8-24-11)16-20-14(9-17)19-15(21-16)18-12-5-3-4-6-13(12)23-2/h3-6,11H,7-8,10H2,1-2H3,(H,18,19,20,21). The van der Waals surface area contributed by atoms with Gasteiger partial charge in [-0.05, 0) is 19.1 Å². The number of nitrogens with zero attached hydrogens (tertiary/aromatic N) is 5. The van der Waals surface area contributed by atoms with E-state index in [1.807, 2.05) is 42.2 Å². The summed E-state index contributed by atoms with van der Waals surface area (Å²) in [6, 6.07) is 9.42. The van der Waals surface area contributed by atoms with Gasteiger partial charge in [-0.15, -0.1) is 0 Å². The highest BCUT2D eigenvalue weighted by Crippen LogP contribution is 2.26. The van der Waals surface area contributed by atoms with Crippen molar-refractivity contribution in [1.29, 1.82) is 5.26 Å². The molecular formula is C16H18N6O2. The fourth-order valence-corrected chi connectivity index (χ4v) is 2.48. The van der Waals surface area contributed by atoms with E-state index in [1.54, 1.807) is 7.11 Å². The molecular weight excluding hydrogens is 308 g/mol. The zero-order valence-corrected chi connectivity index (χ0v) is 13.6. The van der Waals surface area contributed by atoms with Gasteiger partial charge in [-0.2, -0.15) is 20.2 Å². The Labute approximate surface area is 140 Å². The lowest BCUT2D eigenvalue weighted by atomic mass is 10.3. The molecule has 2 aromatic rings. The molecule has 3 rings (SSSR count). The van der Waals surface area contributed by atoms with Gasteiger partial charge in [0, 0.05) is 13.1 Å². The Kier molecular flexibility index (Phi) is 4.72. The summed E-state index contributed by atoms with van der Waals surface area (Å²) < 4.78 is 10.8. The van der Waals surface area contributed by atoms with Crippen LogP contribution in [-0.4, -0.2) is 47.9 Å². The van der Waals surface area contributed by atoms with Crippen LogP contribution in [0.1, 0.15) is 12.7 Å². The smallest absolute Gasteiger partial charge is 0.238 e. The van der Waals surface area contributed by atoms with E-state index in [0.29, 0.717) is 37.3 Å². The molecule has 1 aromatic heterocycles. The summed E-state index contributed by atoms with van der Waals surface area (Å²) in [5.74, 6) is 1.50. The quantitative estimate of drug-likeness (QED) is 0.907. The second-order valence-corrected chi connectivity index (χ2v) is 5.35. The van der Waals surface area contributed by atoms with Crippen LogP contribution >= 0.6 is 0 Å². The van der Waals surface area contributed by atoms with E-state index in [-0.39, 0.29) is 11.9 Å². The average molecular weight is 326 g/mol. The third kappa shape index (κ3) is 3.52. The average Bonchev–Trinajstić information content (AvgIpc) is 2.62. The molecule has 2 heterocycles. The fraction of sp³-hybridized carbons (Fsp3) is 0.375. The Morgan fingerprint density at radius 3 is 2.92 bits per heavy atom. The Morgan fingerprint density at radius 1 is 1.33 bits per heavy atom. The predicted molar refractivity (Wildman–Crippen MR) is 88.4 cm³/mol. The Balaban J connectivity index is 1.90. The number of benzene rings is 1. The Bertz CT molecular complexity index is 760. The van der Waals surface area contributed by atoms with Crippen molar-refractivity contribution >= 4 is 17.6 Å². The van der Waals surface area contributed by atoms with Crippen molar-refractivity contribution in [3.63, 3.8) is 0 Å². The molecule has 1 unspecified atom stereocenters. The van der Waals surface area contributed by atoms with E-state index < -0.39 is 0 Å². The zero-order valence-electron chi connectivity index (χ0n) is 13.6. The number of nitrogens with one attached hydrogen (secondary N) is 1. The first-order valence-corrected chi connectivity index (χ1v) is 7.62. The second-order valence-electron chi connectivity index (χ2n) is 5.35. The van der Waals surface area contributed by atoms with Gasteiger partial charge in [0.05, 0.1) is 25.5 Å². The van der Waals surface area contributed by atoms with Gasteiger partial charge in [-0.3, -0.25) is 0 Å². The summed E-state index contributed by atoms with van der Waals surface area (Å²) in [6.45, 7) is 3.94. The second kappa shape index (κ2) is 7.10. The van der Waals surface area contributed by atoms with Gasteiger partial charge in [0.15, 0.2) is 0 Å². The van der Waals surface area contributed by atoms with Crippen LogP contribution < -0.4 is 15.0 Å². The number of aromatic nitrogens is 3. The normalized spacial score (nSPS) is 17.2. The van der Waals surface area contributed by atoms with Crippen molar-refractivity contribution in [2.75, 3.05) is 37.0 Å². The number of nitriles is 1. The minimum absolute atomic E-state index is 0.0662. The van der Waals surface area contributed by atoms with Crippen LogP contribution in [0, 0.1) is 11.3 Å². The molecule has 0 amide bonds. The van der Waals surface area contributed by atoms with Crippen LogP contribution in [-0.2, 0) is 4.74 Å². The predicted octanol–water partition coefficient (Wildman–Crippen LogP) is 1.72. The maximum atomic E-state index is 9.21. The van der Waals surface area contributed by atoms with Crippen molar-refractivity contribution < 1.29 is 9.47 Å². The van der Waals surface area contributed by atoms with Gasteiger partial charge in [0.2, 0.25) is 17.7 Å². The summed E-state index contributed by atoms with van der Waals surface area (Å²) in [5.41, 5.74) is 0.719. The first-order chi connectivity index (χ1) is 11.7. The van der Waals surface area contributed by atoms with E-state index in [4.69, 9.17) is 9.47 Å². The van der Waals surface area contributed by atoms with E-state index in [9.17, 15) is 5.26 Å². The summed E-state index contributed by atoms with van der Waals surface area (Å²) in [5, 5.41) is 12.3. The number of morpholine rings is 1. The minimum atomic E-state index is 0.0662. The molecule has 1 aromatic carbocycles. The third-order valence-corrected chi connectivity index (χ3v) is 3.60. The van der Waals surface area contributed by atoms with Crippen molar-refractivity contribution in [2.45, 2.75) is 13.0 Å². The number of methoxy groups -OCH3 is 1. The highest BCUT2D eigenvalue weighted by atomic mass is 16.5. The Morgan fingerprint density at radius 2 is 2.17 bits per heavy atom. The number of ether oxygens (including phenoxy) is 2. The molecule has 8 heteroatoms. The molecule has 1 fully saturated rings. The number of hydrogen-bond donors (Lipinski definition) is 1. The molecule has 1 N–H and O–H groups in total. The zero-order chi connectivity index (χ0) is 16.9. The van der Waals surface area contributed by atoms with Crippen molar-refractivity contribution in [1.82, 2.24) is 15.0 Å². The van der Waals surface area contributed by atoms with Gasteiger partial charge < -0.3 is 19.7 Å². The highest BCUT2D eigenvalue weighted by Gasteiger charge is 2.21. The molecule has 0 aliphatic carbocycles. The topological polar surface area (TPSA) is 96.2 Å². The van der Waals surface area contributed by atoms with Crippen LogP contribution in [0.4, 0.5) is 17.6 Å². The first kappa shape index (κ1) is 16.0. The lowest BCUT2D eigenvalue weighted by Crippen LogP contribution is -2.42. The molecule has 124 valence electrons.